The van der Waals surface area contributed by atoms with Gasteiger partial charge in [-0.05, 0) is 47.4 Å². The molecule has 0 spiro atoms. The molecule has 4 nitrogen and oxygen atoms in total. The van der Waals surface area contributed by atoms with E-state index in [-0.39, 0.29) is 33.3 Å². The number of rotatable bonds is 7. The summed E-state index contributed by atoms with van der Waals surface area (Å²) in [6, 6.07) is 2.76. The molecule has 0 aliphatic heterocycles. The number of amides is 1. The minimum absolute atomic E-state index is 0.0995. The average Bonchev–Trinajstić information content (AvgIpc) is 2.33. The number of benzene rings is 1. The van der Waals surface area contributed by atoms with Crippen LogP contribution >= 0.6 is 27.5 Å². The van der Waals surface area contributed by atoms with Crippen LogP contribution in [0.1, 0.15) is 19.3 Å². The molecule has 0 saturated carbocycles. The highest BCUT2D eigenvalue weighted by molar-refractivity contribution is 9.10. The van der Waals surface area contributed by atoms with E-state index in [0.29, 0.717) is 19.4 Å². The smallest absolute Gasteiger partial charge is 0.387 e. The van der Waals surface area contributed by atoms with Gasteiger partial charge in [0.2, 0.25) is 5.91 Å². The first kappa shape index (κ1) is 17.1. The van der Waals surface area contributed by atoms with E-state index >= 15 is 0 Å². The van der Waals surface area contributed by atoms with Crippen molar-refractivity contribution in [3.05, 3.63) is 21.6 Å². The Balaban J connectivity index is 2.84. The molecule has 0 bridgehead atoms. The number of ether oxygens (including phenoxy) is 1. The molecule has 0 fully saturated rings. The highest BCUT2D eigenvalue weighted by Gasteiger charge is 2.16. The molecule has 1 amide bonds. The lowest BCUT2D eigenvalue weighted by atomic mass is 10.2. The van der Waals surface area contributed by atoms with E-state index in [4.69, 9.17) is 17.3 Å². The zero-order chi connectivity index (χ0) is 15.1. The summed E-state index contributed by atoms with van der Waals surface area (Å²) in [5, 5.41) is 2.79. The van der Waals surface area contributed by atoms with Crippen molar-refractivity contribution in [2.75, 3.05) is 11.9 Å². The monoisotopic (exact) mass is 370 g/mol. The molecule has 0 saturated heterocycles. The number of hydrogen-bond acceptors (Lipinski definition) is 3. The summed E-state index contributed by atoms with van der Waals surface area (Å²) in [6.45, 7) is -2.50. The van der Waals surface area contributed by atoms with Gasteiger partial charge in [-0.1, -0.05) is 11.6 Å². The average molecular weight is 372 g/mol. The molecular weight excluding hydrogens is 357 g/mol. The SMILES string of the molecule is NCCCCC(=O)Nc1cc(Cl)cc(Br)c1OC(F)F. The Morgan fingerprint density at radius 1 is 1.45 bits per heavy atom. The molecule has 1 rings (SSSR count). The van der Waals surface area contributed by atoms with Gasteiger partial charge in [0, 0.05) is 11.4 Å². The molecule has 0 radical (unpaired) electrons. The Bertz CT molecular complexity index is 475. The quantitative estimate of drug-likeness (QED) is 0.717. The van der Waals surface area contributed by atoms with E-state index in [0.717, 1.165) is 0 Å². The van der Waals surface area contributed by atoms with Crippen LogP contribution in [0, 0.1) is 0 Å². The topological polar surface area (TPSA) is 64.4 Å². The van der Waals surface area contributed by atoms with Crippen molar-refractivity contribution in [2.45, 2.75) is 25.9 Å². The van der Waals surface area contributed by atoms with Gasteiger partial charge in [-0.15, -0.1) is 0 Å². The second-order valence-corrected chi connectivity index (χ2v) is 5.23. The number of nitrogens with two attached hydrogens (primary N) is 1. The summed E-state index contributed by atoms with van der Waals surface area (Å²) < 4.78 is 29.4. The summed E-state index contributed by atoms with van der Waals surface area (Å²) >= 11 is 8.90. The van der Waals surface area contributed by atoms with E-state index in [1.165, 1.54) is 12.1 Å². The maximum atomic E-state index is 12.4. The van der Waals surface area contributed by atoms with Crippen LogP contribution in [0.25, 0.3) is 0 Å². The maximum absolute atomic E-state index is 12.4. The zero-order valence-electron chi connectivity index (χ0n) is 10.5. The molecule has 1 aromatic rings. The molecule has 0 aliphatic carbocycles. The fourth-order valence-corrected chi connectivity index (χ4v) is 2.41. The lowest BCUT2D eigenvalue weighted by molar-refractivity contribution is -0.116. The van der Waals surface area contributed by atoms with Crippen LogP contribution in [0.3, 0.4) is 0 Å². The molecule has 1 aromatic carbocycles. The normalized spacial score (nSPS) is 10.7. The Hall–Kier alpha value is -0.920. The molecule has 0 aromatic heterocycles. The zero-order valence-corrected chi connectivity index (χ0v) is 12.8. The maximum Gasteiger partial charge on any atom is 0.387 e. The third kappa shape index (κ3) is 5.60. The molecule has 20 heavy (non-hydrogen) atoms. The molecule has 3 N–H and O–H groups in total. The first-order valence-electron chi connectivity index (χ1n) is 5.87. The number of alkyl halides is 2. The summed E-state index contributed by atoms with van der Waals surface area (Å²) in [4.78, 5) is 11.7. The van der Waals surface area contributed by atoms with Crippen LogP contribution in [0.2, 0.25) is 5.02 Å². The minimum Gasteiger partial charge on any atom is -0.431 e. The molecule has 0 atom stereocenters. The largest absolute Gasteiger partial charge is 0.431 e. The van der Waals surface area contributed by atoms with Crippen molar-refractivity contribution in [1.82, 2.24) is 0 Å². The van der Waals surface area contributed by atoms with Gasteiger partial charge in [-0.25, -0.2) is 0 Å². The minimum atomic E-state index is -3.00. The highest BCUT2D eigenvalue weighted by Crippen LogP contribution is 2.37. The van der Waals surface area contributed by atoms with Crippen molar-refractivity contribution < 1.29 is 18.3 Å². The standard InChI is InChI=1S/C12H14BrClF2N2O2/c13-8-5-7(14)6-9(11(8)20-12(15)16)18-10(19)3-1-2-4-17/h5-6,12H,1-4,17H2,(H,18,19). The second kappa shape index (κ2) is 8.39. The molecular formula is C12H14BrClF2N2O2. The lowest BCUT2D eigenvalue weighted by Crippen LogP contribution is -2.14. The summed E-state index contributed by atoms with van der Waals surface area (Å²) in [5.41, 5.74) is 5.43. The fourth-order valence-electron chi connectivity index (χ4n) is 1.50. The van der Waals surface area contributed by atoms with Gasteiger partial charge in [0.25, 0.3) is 0 Å². The summed E-state index contributed by atoms with van der Waals surface area (Å²) in [6.07, 6.45) is 1.58. The highest BCUT2D eigenvalue weighted by atomic mass is 79.9. The number of hydrogen-bond donors (Lipinski definition) is 2. The summed E-state index contributed by atoms with van der Waals surface area (Å²) in [5.74, 6) is -0.469. The molecule has 0 unspecified atom stereocenters. The third-order valence-corrected chi connectivity index (χ3v) is 3.15. The van der Waals surface area contributed by atoms with Crippen LogP contribution in [-0.4, -0.2) is 19.1 Å². The Morgan fingerprint density at radius 2 is 2.15 bits per heavy atom. The second-order valence-electron chi connectivity index (χ2n) is 3.94. The Morgan fingerprint density at radius 3 is 2.75 bits per heavy atom. The van der Waals surface area contributed by atoms with E-state index in [1.807, 2.05) is 0 Å². The van der Waals surface area contributed by atoms with Gasteiger partial charge < -0.3 is 15.8 Å². The van der Waals surface area contributed by atoms with E-state index in [1.54, 1.807) is 0 Å². The van der Waals surface area contributed by atoms with E-state index in [9.17, 15) is 13.6 Å². The van der Waals surface area contributed by atoms with Crippen molar-refractivity contribution in [3.8, 4) is 5.75 Å². The van der Waals surface area contributed by atoms with E-state index < -0.39 is 6.61 Å². The van der Waals surface area contributed by atoms with Gasteiger partial charge in [0.15, 0.2) is 5.75 Å². The van der Waals surface area contributed by atoms with Crippen molar-refractivity contribution >= 4 is 39.1 Å². The van der Waals surface area contributed by atoms with Gasteiger partial charge in [-0.3, -0.25) is 4.79 Å². The predicted octanol–water partition coefficient (Wildman–Crippen LogP) is 3.77. The molecule has 112 valence electrons. The van der Waals surface area contributed by atoms with Crippen LogP contribution < -0.4 is 15.8 Å². The van der Waals surface area contributed by atoms with Crippen LogP contribution in [0.15, 0.2) is 16.6 Å². The number of anilines is 1. The molecule has 0 aliphatic rings. The van der Waals surface area contributed by atoms with E-state index in [2.05, 4.69) is 26.0 Å². The predicted molar refractivity (Wildman–Crippen MR) is 77.3 cm³/mol. The fraction of sp³-hybridized carbons (Fsp3) is 0.417. The van der Waals surface area contributed by atoms with Crippen molar-refractivity contribution in [3.63, 3.8) is 0 Å². The number of unbranched alkanes of at least 4 members (excludes halogenated alkanes) is 1. The molecule has 0 heterocycles. The van der Waals surface area contributed by atoms with Crippen molar-refractivity contribution in [1.29, 1.82) is 0 Å². The Labute approximate surface area is 128 Å². The van der Waals surface area contributed by atoms with Gasteiger partial charge in [0.1, 0.15) is 0 Å². The molecule has 8 heteroatoms. The van der Waals surface area contributed by atoms with Crippen LogP contribution in [0.5, 0.6) is 5.75 Å². The van der Waals surface area contributed by atoms with Gasteiger partial charge in [0.05, 0.1) is 10.2 Å². The van der Waals surface area contributed by atoms with Crippen molar-refractivity contribution in [2.24, 2.45) is 5.73 Å². The number of nitrogens with one attached hydrogen (secondary N) is 1. The lowest BCUT2D eigenvalue weighted by Gasteiger charge is -2.14. The third-order valence-electron chi connectivity index (χ3n) is 2.35. The van der Waals surface area contributed by atoms with Crippen LogP contribution in [-0.2, 0) is 4.79 Å². The van der Waals surface area contributed by atoms with Gasteiger partial charge in [-0.2, -0.15) is 8.78 Å². The number of carbonyl (C=O) groups excluding carboxylic acids is 1. The first-order chi connectivity index (χ1) is 9.43. The number of halogens is 4. The Kier molecular flexibility index (Phi) is 7.18. The summed E-state index contributed by atoms with van der Waals surface area (Å²) in [7, 11) is 0. The van der Waals surface area contributed by atoms with Crippen LogP contribution in [0.4, 0.5) is 14.5 Å². The first-order valence-corrected chi connectivity index (χ1v) is 7.05. The number of carbonyl (C=O) groups is 1. The van der Waals surface area contributed by atoms with Gasteiger partial charge >= 0.3 is 6.61 Å².